The van der Waals surface area contributed by atoms with Crippen molar-refractivity contribution in [3.63, 3.8) is 0 Å². The van der Waals surface area contributed by atoms with Gasteiger partial charge in [0, 0.05) is 18.2 Å². The third-order valence-electron chi connectivity index (χ3n) is 1.97. The third-order valence-corrected chi connectivity index (χ3v) is 3.05. The predicted octanol–water partition coefficient (Wildman–Crippen LogP) is 0.583. The molecule has 1 aliphatic heterocycles. The molecule has 0 amide bonds. The lowest BCUT2D eigenvalue weighted by Gasteiger charge is -2.07. The zero-order valence-electron chi connectivity index (χ0n) is 7.78. The highest BCUT2D eigenvalue weighted by molar-refractivity contribution is 8.14. The summed E-state index contributed by atoms with van der Waals surface area (Å²) >= 11 is 1.55. The first kappa shape index (κ1) is 10.5. The molecule has 1 rings (SSSR count). The molecule has 0 fully saturated rings. The molecule has 0 saturated carbocycles. The highest BCUT2D eigenvalue weighted by Crippen LogP contribution is 2.21. The van der Waals surface area contributed by atoms with Crippen LogP contribution >= 0.6 is 11.8 Å². The lowest BCUT2D eigenvalue weighted by molar-refractivity contribution is -0.137. The van der Waals surface area contributed by atoms with E-state index in [0.29, 0.717) is 11.8 Å². The Morgan fingerprint density at radius 3 is 3.08 bits per heavy atom. The number of carbonyl (C=O) groups is 1. The molecule has 0 aliphatic carbocycles. The van der Waals surface area contributed by atoms with Crippen molar-refractivity contribution in [1.29, 1.82) is 0 Å². The molecule has 0 radical (unpaired) electrons. The van der Waals surface area contributed by atoms with Gasteiger partial charge in [-0.2, -0.15) is 0 Å². The topological polar surface area (TPSA) is 61.7 Å². The van der Waals surface area contributed by atoms with Crippen molar-refractivity contribution in [2.45, 2.75) is 25.4 Å². The van der Waals surface area contributed by atoms with Gasteiger partial charge in [-0.1, -0.05) is 0 Å². The summed E-state index contributed by atoms with van der Waals surface area (Å²) in [7, 11) is 1.89. The number of nitrogens with zero attached hydrogens (tertiary/aromatic N) is 1. The largest absolute Gasteiger partial charge is 0.480 e. The number of rotatable bonds is 4. The van der Waals surface area contributed by atoms with Gasteiger partial charge in [0.15, 0.2) is 6.04 Å². The Hall–Kier alpha value is -0.550. The summed E-state index contributed by atoms with van der Waals surface area (Å²) in [5.41, 5.74) is 0. The lowest BCUT2D eigenvalue weighted by atomic mass is 10.2. The van der Waals surface area contributed by atoms with Gasteiger partial charge < -0.3 is 10.4 Å². The minimum atomic E-state index is -0.820. The van der Waals surface area contributed by atoms with E-state index in [0.717, 1.165) is 11.5 Å². The number of aliphatic imine (C=N–C) groups is 1. The second-order valence-corrected chi connectivity index (χ2v) is 4.17. The van der Waals surface area contributed by atoms with Crippen LogP contribution < -0.4 is 5.32 Å². The Balaban J connectivity index is 2.45. The van der Waals surface area contributed by atoms with E-state index in [1.54, 1.807) is 11.8 Å². The zero-order chi connectivity index (χ0) is 9.84. The molecule has 1 aliphatic rings. The number of carboxylic acids is 1. The van der Waals surface area contributed by atoms with Crippen LogP contribution in [-0.4, -0.2) is 41.0 Å². The number of hydrogen-bond acceptors (Lipinski definition) is 4. The van der Waals surface area contributed by atoms with Gasteiger partial charge in [0.25, 0.3) is 0 Å². The van der Waals surface area contributed by atoms with Crippen molar-refractivity contribution in [3.8, 4) is 0 Å². The van der Waals surface area contributed by atoms with Crippen molar-refractivity contribution in [3.05, 3.63) is 0 Å². The van der Waals surface area contributed by atoms with Crippen LogP contribution in [0.15, 0.2) is 4.99 Å². The molecule has 0 aromatic rings. The molecule has 4 nitrogen and oxygen atoms in total. The Bertz CT molecular complexity index is 230. The summed E-state index contributed by atoms with van der Waals surface area (Å²) in [5.74, 6) is -0.235. The van der Waals surface area contributed by atoms with E-state index in [2.05, 4.69) is 17.2 Å². The van der Waals surface area contributed by atoms with Crippen LogP contribution in [0.5, 0.6) is 0 Å². The molecule has 0 bridgehead atoms. The Morgan fingerprint density at radius 1 is 1.92 bits per heavy atom. The Morgan fingerprint density at radius 2 is 2.62 bits per heavy atom. The summed E-state index contributed by atoms with van der Waals surface area (Å²) < 4.78 is 0. The number of carboxylic acid groups (broad SMARTS) is 1. The number of aliphatic carboxylic acids is 1. The first-order chi connectivity index (χ1) is 6.13. The monoisotopic (exact) mass is 202 g/mol. The van der Waals surface area contributed by atoms with Gasteiger partial charge in [-0.15, -0.1) is 11.8 Å². The fourth-order valence-electron chi connectivity index (χ4n) is 1.03. The van der Waals surface area contributed by atoms with E-state index >= 15 is 0 Å². The van der Waals surface area contributed by atoms with Crippen LogP contribution in [0, 0.1) is 0 Å². The Kier molecular flexibility index (Phi) is 3.74. The highest BCUT2D eigenvalue weighted by Gasteiger charge is 2.24. The van der Waals surface area contributed by atoms with Gasteiger partial charge in [-0.25, -0.2) is 4.79 Å². The smallest absolute Gasteiger partial charge is 0.329 e. The average Bonchev–Trinajstić information content (AvgIpc) is 2.52. The summed E-state index contributed by atoms with van der Waals surface area (Å²) in [6.45, 7) is 2.05. The summed E-state index contributed by atoms with van der Waals surface area (Å²) in [5, 5.41) is 12.7. The van der Waals surface area contributed by atoms with E-state index in [1.165, 1.54) is 0 Å². The number of nitrogens with one attached hydrogen (secondary N) is 1. The number of hydrogen-bond donors (Lipinski definition) is 2. The van der Waals surface area contributed by atoms with Crippen LogP contribution in [0.4, 0.5) is 0 Å². The lowest BCUT2D eigenvalue weighted by Crippen LogP contribution is -2.23. The van der Waals surface area contributed by atoms with Gasteiger partial charge in [-0.05, 0) is 14.0 Å². The Labute approximate surface area is 81.8 Å². The molecule has 13 heavy (non-hydrogen) atoms. The minimum Gasteiger partial charge on any atom is -0.480 e. The summed E-state index contributed by atoms with van der Waals surface area (Å²) in [6, 6.07) is -0.164. The maximum atomic E-state index is 10.6. The third kappa shape index (κ3) is 3.00. The molecule has 0 spiro atoms. The van der Waals surface area contributed by atoms with E-state index in [-0.39, 0.29) is 0 Å². The van der Waals surface area contributed by atoms with Crippen molar-refractivity contribution in [2.75, 3.05) is 12.8 Å². The van der Waals surface area contributed by atoms with Crippen molar-refractivity contribution in [2.24, 2.45) is 4.99 Å². The minimum absolute atomic E-state index is 0.360. The second-order valence-electron chi connectivity index (χ2n) is 3.08. The highest BCUT2D eigenvalue weighted by atomic mass is 32.2. The maximum Gasteiger partial charge on any atom is 0.329 e. The van der Waals surface area contributed by atoms with E-state index in [1.807, 2.05) is 7.05 Å². The van der Waals surface area contributed by atoms with Crippen molar-refractivity contribution < 1.29 is 9.90 Å². The van der Waals surface area contributed by atoms with Crippen LogP contribution in [0.3, 0.4) is 0 Å². The fourth-order valence-corrected chi connectivity index (χ4v) is 2.16. The summed E-state index contributed by atoms with van der Waals surface area (Å²) in [6.07, 6.45) is 0.824. The standard InChI is InChI=1S/C8H14N2O2S/c1-5(9-2)3-7-10-6(4-13-7)8(11)12/h5-6,9H,3-4H2,1-2H3,(H,11,12). The molecule has 5 heteroatoms. The van der Waals surface area contributed by atoms with Crippen molar-refractivity contribution in [1.82, 2.24) is 5.32 Å². The SMILES string of the molecule is CNC(C)CC1=NC(C(=O)O)CS1. The van der Waals surface area contributed by atoms with Crippen LogP contribution in [-0.2, 0) is 4.79 Å². The predicted molar refractivity (Wildman–Crippen MR) is 54.5 cm³/mol. The van der Waals surface area contributed by atoms with E-state index < -0.39 is 12.0 Å². The first-order valence-electron chi connectivity index (χ1n) is 4.23. The zero-order valence-corrected chi connectivity index (χ0v) is 8.60. The quantitative estimate of drug-likeness (QED) is 0.700. The van der Waals surface area contributed by atoms with Gasteiger partial charge in [0.2, 0.25) is 0 Å². The van der Waals surface area contributed by atoms with Gasteiger partial charge in [0.05, 0.1) is 5.04 Å². The maximum absolute atomic E-state index is 10.6. The molecule has 74 valence electrons. The molecule has 2 atom stereocenters. The van der Waals surface area contributed by atoms with Gasteiger partial charge in [-0.3, -0.25) is 4.99 Å². The van der Waals surface area contributed by atoms with Gasteiger partial charge >= 0.3 is 5.97 Å². The number of thioether (sulfide) groups is 1. The second kappa shape index (κ2) is 4.62. The molecular formula is C8H14N2O2S. The summed E-state index contributed by atoms with van der Waals surface area (Å²) in [4.78, 5) is 14.7. The fraction of sp³-hybridized carbons (Fsp3) is 0.750. The van der Waals surface area contributed by atoms with Crippen molar-refractivity contribution >= 4 is 22.8 Å². The molecule has 0 aromatic carbocycles. The molecular weight excluding hydrogens is 188 g/mol. The van der Waals surface area contributed by atoms with Crippen LogP contribution in [0.1, 0.15) is 13.3 Å². The molecule has 0 saturated heterocycles. The average molecular weight is 202 g/mol. The van der Waals surface area contributed by atoms with E-state index in [4.69, 9.17) is 5.11 Å². The van der Waals surface area contributed by atoms with Crippen LogP contribution in [0.25, 0.3) is 0 Å². The molecule has 2 unspecified atom stereocenters. The molecule has 1 heterocycles. The normalized spacial score (nSPS) is 24.2. The van der Waals surface area contributed by atoms with Gasteiger partial charge in [0.1, 0.15) is 0 Å². The molecule has 2 N–H and O–H groups in total. The van der Waals surface area contributed by atoms with Crippen LogP contribution in [0.2, 0.25) is 0 Å². The first-order valence-corrected chi connectivity index (χ1v) is 5.21. The van der Waals surface area contributed by atoms with E-state index in [9.17, 15) is 4.79 Å². The molecule has 0 aromatic heterocycles.